The highest BCUT2D eigenvalue weighted by Crippen LogP contribution is 2.26. The Bertz CT molecular complexity index is 605. The van der Waals surface area contributed by atoms with Crippen LogP contribution < -0.4 is 11.2 Å². The van der Waals surface area contributed by atoms with Gasteiger partial charge in [0, 0.05) is 11.8 Å². The van der Waals surface area contributed by atoms with E-state index in [1.807, 2.05) is 0 Å². The van der Waals surface area contributed by atoms with Crippen molar-refractivity contribution in [2.75, 3.05) is 13.7 Å². The van der Waals surface area contributed by atoms with Crippen molar-refractivity contribution in [3.63, 3.8) is 0 Å². The van der Waals surface area contributed by atoms with Gasteiger partial charge in [-0.3, -0.25) is 19.1 Å². The van der Waals surface area contributed by atoms with E-state index in [0.717, 1.165) is 0 Å². The SMILES string of the molecule is COC(=O)Cc1cn(C2CC[C@@H](CO)O2)c(=O)[nH]c1=O. The number of esters is 1. The van der Waals surface area contributed by atoms with Gasteiger partial charge in [0.15, 0.2) is 0 Å². The first-order valence-electron chi connectivity index (χ1n) is 6.22. The molecule has 2 atom stereocenters. The van der Waals surface area contributed by atoms with Crippen LogP contribution in [0, 0.1) is 0 Å². The van der Waals surface area contributed by atoms with Crippen LogP contribution in [0.5, 0.6) is 0 Å². The first-order valence-corrected chi connectivity index (χ1v) is 6.22. The third-order valence-electron chi connectivity index (χ3n) is 3.20. The Hall–Kier alpha value is -1.93. The zero-order valence-corrected chi connectivity index (χ0v) is 11.0. The number of aliphatic hydroxyl groups excluding tert-OH is 1. The summed E-state index contributed by atoms with van der Waals surface area (Å²) in [5, 5.41) is 9.02. The molecule has 0 spiro atoms. The number of aliphatic hydroxyl groups is 1. The maximum atomic E-state index is 11.8. The number of ether oxygens (including phenoxy) is 2. The Labute approximate surface area is 114 Å². The largest absolute Gasteiger partial charge is 0.469 e. The average molecular weight is 284 g/mol. The first-order chi connectivity index (χ1) is 9.55. The summed E-state index contributed by atoms with van der Waals surface area (Å²) in [7, 11) is 1.22. The number of H-pyrrole nitrogens is 1. The summed E-state index contributed by atoms with van der Waals surface area (Å²) >= 11 is 0. The van der Waals surface area contributed by atoms with E-state index >= 15 is 0 Å². The molecular weight excluding hydrogens is 268 g/mol. The van der Waals surface area contributed by atoms with E-state index < -0.39 is 23.4 Å². The van der Waals surface area contributed by atoms with Crippen molar-refractivity contribution >= 4 is 5.97 Å². The van der Waals surface area contributed by atoms with Gasteiger partial charge in [0.05, 0.1) is 26.2 Å². The van der Waals surface area contributed by atoms with Gasteiger partial charge in [0.1, 0.15) is 6.23 Å². The van der Waals surface area contributed by atoms with Gasteiger partial charge in [-0.1, -0.05) is 0 Å². The molecule has 0 aliphatic carbocycles. The second-order valence-corrected chi connectivity index (χ2v) is 4.55. The van der Waals surface area contributed by atoms with Crippen molar-refractivity contribution in [1.29, 1.82) is 0 Å². The first kappa shape index (κ1) is 14.5. The van der Waals surface area contributed by atoms with Crippen molar-refractivity contribution in [1.82, 2.24) is 9.55 Å². The Morgan fingerprint density at radius 1 is 1.55 bits per heavy atom. The summed E-state index contributed by atoms with van der Waals surface area (Å²) in [6.07, 6.45) is 1.40. The van der Waals surface area contributed by atoms with Crippen LogP contribution >= 0.6 is 0 Å². The molecule has 0 radical (unpaired) electrons. The molecule has 8 heteroatoms. The average Bonchev–Trinajstić information content (AvgIpc) is 2.90. The lowest BCUT2D eigenvalue weighted by Gasteiger charge is -2.15. The third-order valence-corrected chi connectivity index (χ3v) is 3.20. The molecule has 0 saturated carbocycles. The fourth-order valence-electron chi connectivity index (χ4n) is 2.12. The van der Waals surface area contributed by atoms with E-state index in [4.69, 9.17) is 9.84 Å². The topological polar surface area (TPSA) is 111 Å². The van der Waals surface area contributed by atoms with Crippen molar-refractivity contribution < 1.29 is 19.4 Å². The molecule has 0 aromatic carbocycles. The molecule has 110 valence electrons. The molecule has 0 amide bonds. The predicted octanol–water partition coefficient (Wildman–Crippen LogP) is -1.08. The van der Waals surface area contributed by atoms with Crippen LogP contribution in [-0.4, -0.2) is 40.4 Å². The van der Waals surface area contributed by atoms with E-state index in [-0.39, 0.29) is 24.7 Å². The summed E-state index contributed by atoms with van der Waals surface area (Å²) in [6.45, 7) is -0.121. The zero-order valence-electron chi connectivity index (χ0n) is 11.0. The van der Waals surface area contributed by atoms with E-state index in [1.165, 1.54) is 17.9 Å². The minimum absolute atomic E-state index is 0.121. The molecule has 1 aromatic heterocycles. The van der Waals surface area contributed by atoms with Crippen LogP contribution in [0.15, 0.2) is 15.8 Å². The molecule has 1 fully saturated rings. The summed E-state index contributed by atoms with van der Waals surface area (Å²) in [4.78, 5) is 36.8. The van der Waals surface area contributed by atoms with Crippen LogP contribution in [0.3, 0.4) is 0 Å². The quantitative estimate of drug-likeness (QED) is 0.681. The van der Waals surface area contributed by atoms with E-state index in [0.29, 0.717) is 12.8 Å². The number of rotatable bonds is 4. The summed E-state index contributed by atoms with van der Waals surface area (Å²) < 4.78 is 11.2. The number of nitrogens with one attached hydrogen (secondary N) is 1. The fourth-order valence-corrected chi connectivity index (χ4v) is 2.12. The van der Waals surface area contributed by atoms with E-state index in [1.54, 1.807) is 0 Å². The Morgan fingerprint density at radius 2 is 2.30 bits per heavy atom. The third kappa shape index (κ3) is 2.97. The van der Waals surface area contributed by atoms with Gasteiger partial charge in [-0.05, 0) is 12.8 Å². The van der Waals surface area contributed by atoms with Crippen molar-refractivity contribution in [3.8, 4) is 0 Å². The number of hydrogen-bond donors (Lipinski definition) is 2. The Kier molecular flexibility index (Phi) is 4.35. The molecule has 1 aromatic rings. The van der Waals surface area contributed by atoms with Crippen molar-refractivity contribution in [3.05, 3.63) is 32.6 Å². The number of carbonyl (C=O) groups is 1. The molecule has 20 heavy (non-hydrogen) atoms. The van der Waals surface area contributed by atoms with E-state index in [2.05, 4.69) is 9.72 Å². The van der Waals surface area contributed by atoms with Gasteiger partial charge in [0.25, 0.3) is 5.56 Å². The standard InChI is InChI=1S/C12H16N2O6/c1-19-10(16)4-7-5-14(12(18)13-11(7)17)9-3-2-8(6-15)20-9/h5,8-9,15H,2-4,6H2,1H3,(H,13,17,18)/t8-,9?/m0/s1. The van der Waals surface area contributed by atoms with E-state index in [9.17, 15) is 14.4 Å². The number of methoxy groups -OCH3 is 1. The lowest BCUT2D eigenvalue weighted by Crippen LogP contribution is -2.35. The maximum absolute atomic E-state index is 11.8. The molecule has 2 rings (SSSR count). The van der Waals surface area contributed by atoms with Crippen LogP contribution in [0.4, 0.5) is 0 Å². The van der Waals surface area contributed by atoms with Gasteiger partial charge in [-0.2, -0.15) is 0 Å². The van der Waals surface area contributed by atoms with Gasteiger partial charge in [0.2, 0.25) is 0 Å². The van der Waals surface area contributed by atoms with Crippen LogP contribution in [0.1, 0.15) is 24.6 Å². The van der Waals surface area contributed by atoms with Gasteiger partial charge < -0.3 is 14.6 Å². The number of carbonyl (C=O) groups excluding carboxylic acids is 1. The normalized spacial score (nSPS) is 21.9. The van der Waals surface area contributed by atoms with Crippen LogP contribution in [0.2, 0.25) is 0 Å². The smallest absolute Gasteiger partial charge is 0.330 e. The number of hydrogen-bond acceptors (Lipinski definition) is 6. The maximum Gasteiger partial charge on any atom is 0.330 e. The molecule has 0 bridgehead atoms. The minimum Gasteiger partial charge on any atom is -0.469 e. The number of nitrogens with zero attached hydrogens (tertiary/aromatic N) is 1. The number of aromatic amines is 1. The minimum atomic E-state index is -0.617. The molecule has 1 aliphatic rings. The summed E-state index contributed by atoms with van der Waals surface area (Å²) in [5.74, 6) is -0.568. The molecule has 2 heterocycles. The summed E-state index contributed by atoms with van der Waals surface area (Å²) in [6, 6.07) is 0. The van der Waals surface area contributed by atoms with Gasteiger partial charge >= 0.3 is 11.7 Å². The lowest BCUT2D eigenvalue weighted by molar-refractivity contribution is -0.139. The fraction of sp³-hybridized carbons (Fsp3) is 0.583. The highest BCUT2D eigenvalue weighted by Gasteiger charge is 2.27. The molecule has 1 unspecified atom stereocenters. The zero-order chi connectivity index (χ0) is 14.7. The second kappa shape index (κ2) is 6.02. The molecule has 1 saturated heterocycles. The molecule has 2 N–H and O–H groups in total. The monoisotopic (exact) mass is 284 g/mol. The Morgan fingerprint density at radius 3 is 2.90 bits per heavy atom. The molecular formula is C12H16N2O6. The highest BCUT2D eigenvalue weighted by molar-refractivity contribution is 5.72. The molecule has 1 aliphatic heterocycles. The van der Waals surface area contributed by atoms with Gasteiger partial charge in [-0.15, -0.1) is 0 Å². The summed E-state index contributed by atoms with van der Waals surface area (Å²) in [5.41, 5.74) is -1.09. The van der Waals surface area contributed by atoms with Gasteiger partial charge in [-0.25, -0.2) is 4.79 Å². The molecule has 8 nitrogen and oxygen atoms in total. The number of aromatic nitrogens is 2. The van der Waals surface area contributed by atoms with Crippen molar-refractivity contribution in [2.45, 2.75) is 31.6 Å². The highest BCUT2D eigenvalue weighted by atomic mass is 16.5. The lowest BCUT2D eigenvalue weighted by atomic mass is 10.2. The predicted molar refractivity (Wildman–Crippen MR) is 67.3 cm³/mol. The van der Waals surface area contributed by atoms with Crippen LogP contribution in [0.25, 0.3) is 0 Å². The van der Waals surface area contributed by atoms with Crippen LogP contribution in [-0.2, 0) is 20.7 Å². The second-order valence-electron chi connectivity index (χ2n) is 4.55. The van der Waals surface area contributed by atoms with Crippen molar-refractivity contribution in [2.24, 2.45) is 0 Å². The Balaban J connectivity index is 2.30.